The second-order valence-electron chi connectivity index (χ2n) is 8.21. The highest BCUT2D eigenvalue weighted by atomic mass is 32.2. The van der Waals surface area contributed by atoms with Crippen LogP contribution in [0.1, 0.15) is 22.8 Å². The number of hydrogen-bond donors (Lipinski definition) is 1. The molecule has 0 unspecified atom stereocenters. The zero-order valence-corrected chi connectivity index (χ0v) is 20.4. The zero-order valence-electron chi connectivity index (χ0n) is 19.6. The van der Waals surface area contributed by atoms with Crippen molar-refractivity contribution in [1.29, 1.82) is 0 Å². The molecule has 5 rings (SSSR count). The maximum atomic E-state index is 12.4. The van der Waals surface area contributed by atoms with E-state index in [1.165, 1.54) is 0 Å². The van der Waals surface area contributed by atoms with Crippen molar-refractivity contribution < 1.29 is 4.74 Å². The van der Waals surface area contributed by atoms with Crippen molar-refractivity contribution >= 4 is 22.7 Å². The van der Waals surface area contributed by atoms with E-state index >= 15 is 0 Å². The van der Waals surface area contributed by atoms with E-state index in [0.29, 0.717) is 35.5 Å². The molecule has 3 aromatic carbocycles. The largest absolute Gasteiger partial charge is 0.485 e. The Morgan fingerprint density at radius 2 is 1.66 bits per heavy atom. The zero-order chi connectivity index (χ0) is 24.2. The molecule has 0 saturated heterocycles. The van der Waals surface area contributed by atoms with E-state index in [-0.39, 0.29) is 5.56 Å². The van der Waals surface area contributed by atoms with Gasteiger partial charge >= 0.3 is 0 Å². The molecule has 2 heterocycles. The van der Waals surface area contributed by atoms with Crippen LogP contribution in [-0.2, 0) is 13.0 Å². The van der Waals surface area contributed by atoms with Gasteiger partial charge in [0.25, 0.3) is 5.56 Å². The van der Waals surface area contributed by atoms with Crippen LogP contribution in [0.3, 0.4) is 0 Å². The normalized spacial score (nSPS) is 11.1. The van der Waals surface area contributed by atoms with Gasteiger partial charge in [-0.2, -0.15) is 0 Å². The maximum Gasteiger partial charge on any atom is 0.258 e. The summed E-state index contributed by atoms with van der Waals surface area (Å²) >= 11 is 1.57. The first-order valence-electron chi connectivity index (χ1n) is 11.4. The Morgan fingerprint density at radius 1 is 0.914 bits per heavy atom. The van der Waals surface area contributed by atoms with Gasteiger partial charge in [-0.05, 0) is 49.2 Å². The molecule has 0 fully saturated rings. The third-order valence-corrected chi connectivity index (χ3v) is 6.63. The van der Waals surface area contributed by atoms with Gasteiger partial charge in [0.2, 0.25) is 0 Å². The lowest BCUT2D eigenvalue weighted by molar-refractivity contribution is 0.289. The van der Waals surface area contributed by atoms with Crippen LogP contribution in [0.2, 0.25) is 0 Å². The third-order valence-electron chi connectivity index (χ3n) is 5.70. The van der Waals surface area contributed by atoms with Gasteiger partial charge in [0.05, 0.1) is 10.9 Å². The number of aromatic amines is 1. The average Bonchev–Trinajstić information content (AvgIpc) is 3.27. The van der Waals surface area contributed by atoms with Gasteiger partial charge < -0.3 is 9.72 Å². The number of H-pyrrole nitrogens is 1. The summed E-state index contributed by atoms with van der Waals surface area (Å²) in [5.41, 5.74) is 3.73. The highest BCUT2D eigenvalue weighted by Gasteiger charge is 2.16. The molecule has 0 aliphatic rings. The second kappa shape index (κ2) is 10.1. The number of fused-ring (bicyclic) bond motifs is 1. The number of benzene rings is 3. The van der Waals surface area contributed by atoms with Gasteiger partial charge in [0.1, 0.15) is 18.2 Å². The smallest absolute Gasteiger partial charge is 0.258 e. The number of nitrogens with one attached hydrogen (secondary N) is 1. The number of nitrogens with zero attached hydrogens (tertiary/aromatic N) is 4. The van der Waals surface area contributed by atoms with Gasteiger partial charge in [-0.3, -0.25) is 9.36 Å². The summed E-state index contributed by atoms with van der Waals surface area (Å²) in [6.07, 6.45) is 0.598. The van der Waals surface area contributed by atoms with E-state index in [1.54, 1.807) is 17.8 Å². The van der Waals surface area contributed by atoms with Crippen molar-refractivity contribution in [1.82, 2.24) is 24.7 Å². The van der Waals surface area contributed by atoms with Crippen molar-refractivity contribution in [2.24, 2.45) is 0 Å². The minimum atomic E-state index is -0.117. The highest BCUT2D eigenvalue weighted by Crippen LogP contribution is 2.26. The van der Waals surface area contributed by atoms with Gasteiger partial charge in [-0.1, -0.05) is 60.3 Å². The summed E-state index contributed by atoms with van der Waals surface area (Å²) < 4.78 is 8.20. The van der Waals surface area contributed by atoms with Crippen molar-refractivity contribution in [3.8, 4) is 11.4 Å². The molecule has 0 bridgehead atoms. The lowest BCUT2D eigenvalue weighted by Gasteiger charge is -2.13. The topological polar surface area (TPSA) is 85.7 Å². The van der Waals surface area contributed by atoms with Crippen LogP contribution in [0, 0.1) is 13.8 Å². The number of para-hydroxylation sites is 3. The first kappa shape index (κ1) is 22.9. The summed E-state index contributed by atoms with van der Waals surface area (Å²) in [5, 5.41) is 10.3. The Bertz CT molecular complexity index is 1510. The highest BCUT2D eigenvalue weighted by molar-refractivity contribution is 7.99. The van der Waals surface area contributed by atoms with E-state index < -0.39 is 0 Å². The summed E-state index contributed by atoms with van der Waals surface area (Å²) in [7, 11) is 0. The molecular formula is C27H25N5O2S. The quantitative estimate of drug-likeness (QED) is 0.312. The minimum Gasteiger partial charge on any atom is -0.485 e. The molecule has 0 atom stereocenters. The Labute approximate surface area is 207 Å². The molecule has 8 heteroatoms. The molecule has 176 valence electrons. The van der Waals surface area contributed by atoms with Gasteiger partial charge in [-0.25, -0.2) is 4.98 Å². The molecule has 5 aromatic rings. The van der Waals surface area contributed by atoms with E-state index in [2.05, 4.69) is 20.2 Å². The molecule has 0 radical (unpaired) electrons. The summed E-state index contributed by atoms with van der Waals surface area (Å²) in [6, 6.07) is 23.5. The van der Waals surface area contributed by atoms with Crippen molar-refractivity contribution in [2.75, 3.05) is 5.75 Å². The number of ether oxygens (including phenoxy) is 1. The fraction of sp³-hybridized carbons (Fsp3) is 0.185. The van der Waals surface area contributed by atoms with E-state index in [9.17, 15) is 4.79 Å². The van der Waals surface area contributed by atoms with Crippen LogP contribution >= 0.6 is 11.8 Å². The molecular weight excluding hydrogens is 458 g/mol. The number of aromatic nitrogens is 5. The predicted octanol–water partition coefficient (Wildman–Crippen LogP) is 5.03. The number of rotatable bonds is 8. The van der Waals surface area contributed by atoms with Crippen molar-refractivity contribution in [3.63, 3.8) is 0 Å². The lowest BCUT2D eigenvalue weighted by Crippen LogP contribution is -2.12. The first-order chi connectivity index (χ1) is 17.1. The maximum absolute atomic E-state index is 12.4. The second-order valence-corrected chi connectivity index (χ2v) is 9.27. The SMILES string of the molecule is Cc1cccc(C)c1OCc1nnc(SCCc2nc3ccccc3c(=O)[nH]2)n1-c1ccccc1. The van der Waals surface area contributed by atoms with Crippen LogP contribution in [-0.4, -0.2) is 30.5 Å². The number of aryl methyl sites for hydroxylation is 3. The molecule has 2 aromatic heterocycles. The number of thioether (sulfide) groups is 1. The van der Waals surface area contributed by atoms with E-state index in [0.717, 1.165) is 33.5 Å². The summed E-state index contributed by atoms with van der Waals surface area (Å²) in [6.45, 7) is 4.38. The Balaban J connectivity index is 1.36. The molecule has 0 spiro atoms. The molecule has 0 aliphatic carbocycles. The van der Waals surface area contributed by atoms with Crippen LogP contribution in [0.5, 0.6) is 5.75 Å². The van der Waals surface area contributed by atoms with Crippen LogP contribution in [0.4, 0.5) is 0 Å². The molecule has 0 aliphatic heterocycles. The standard InChI is InChI=1S/C27H25N5O2S/c1-18-9-8-10-19(2)25(18)34-17-24-30-31-27(32(24)20-11-4-3-5-12-20)35-16-15-23-28-22-14-7-6-13-21(22)26(33)29-23/h3-14H,15-17H2,1-2H3,(H,28,29,33). The molecule has 0 saturated carbocycles. The molecule has 0 amide bonds. The molecule has 1 N–H and O–H groups in total. The summed E-state index contributed by atoms with van der Waals surface area (Å²) in [4.78, 5) is 19.9. The third kappa shape index (κ3) is 4.97. The van der Waals surface area contributed by atoms with Crippen LogP contribution < -0.4 is 10.3 Å². The van der Waals surface area contributed by atoms with Gasteiger partial charge in [0.15, 0.2) is 11.0 Å². The average molecular weight is 484 g/mol. The fourth-order valence-corrected chi connectivity index (χ4v) is 4.90. The van der Waals surface area contributed by atoms with Gasteiger partial charge in [-0.15, -0.1) is 10.2 Å². The van der Waals surface area contributed by atoms with Gasteiger partial charge in [0, 0.05) is 17.9 Å². The predicted molar refractivity (Wildman–Crippen MR) is 138 cm³/mol. The van der Waals surface area contributed by atoms with Crippen LogP contribution in [0.25, 0.3) is 16.6 Å². The van der Waals surface area contributed by atoms with Crippen molar-refractivity contribution in [3.05, 3.63) is 106 Å². The minimum absolute atomic E-state index is 0.117. The lowest BCUT2D eigenvalue weighted by atomic mass is 10.1. The van der Waals surface area contributed by atoms with E-state index in [1.807, 2.05) is 85.1 Å². The Hall–Kier alpha value is -3.91. The van der Waals surface area contributed by atoms with E-state index in [4.69, 9.17) is 4.74 Å². The summed E-state index contributed by atoms with van der Waals surface area (Å²) in [5.74, 6) is 2.93. The van der Waals surface area contributed by atoms with Crippen molar-refractivity contribution in [2.45, 2.75) is 32.0 Å². The first-order valence-corrected chi connectivity index (χ1v) is 12.4. The fourth-order valence-electron chi connectivity index (χ4n) is 3.98. The molecule has 35 heavy (non-hydrogen) atoms. The molecule has 7 nitrogen and oxygen atoms in total. The van der Waals surface area contributed by atoms with Crippen LogP contribution in [0.15, 0.2) is 82.7 Å². The number of hydrogen-bond acceptors (Lipinski definition) is 6. The monoisotopic (exact) mass is 483 g/mol. The Kier molecular flexibility index (Phi) is 6.63. The Morgan fingerprint density at radius 3 is 2.46 bits per heavy atom.